The normalized spacial score (nSPS) is 10.7. The number of amides is 1. The molecule has 6 nitrogen and oxygen atoms in total. The van der Waals surface area contributed by atoms with Gasteiger partial charge in [0.05, 0.1) is 5.69 Å². The van der Waals surface area contributed by atoms with Gasteiger partial charge < -0.3 is 5.32 Å². The van der Waals surface area contributed by atoms with Crippen LogP contribution in [0.1, 0.15) is 55.9 Å². The van der Waals surface area contributed by atoms with Gasteiger partial charge in [0.1, 0.15) is 5.69 Å². The molecule has 2 aromatic heterocycles. The fraction of sp³-hybridized carbons (Fsp3) is 0.474. The molecule has 0 spiro atoms. The number of pyridine rings is 1. The number of hydrogen-bond acceptors (Lipinski definition) is 5. The van der Waals surface area contributed by atoms with Crippen molar-refractivity contribution in [2.75, 3.05) is 12.3 Å². The number of unbranched alkanes of at least 4 members (excludes halogenated alkanes) is 3. The Balaban J connectivity index is 1.58. The zero-order valence-electron chi connectivity index (χ0n) is 15.2. The molecule has 2 N–H and O–H groups in total. The molecule has 0 saturated carbocycles. The van der Waals surface area contributed by atoms with Gasteiger partial charge in [-0.05, 0) is 37.5 Å². The number of nitrogens with one attached hydrogen (secondary N) is 2. The second kappa shape index (κ2) is 11.5. The van der Waals surface area contributed by atoms with Crippen LogP contribution in [0.4, 0.5) is 0 Å². The molecule has 2 rings (SSSR count). The standard InChI is InChI=1S/C19H26N4O2S/c1-2-7-18(24)26-13-6-4-3-5-10-21-19(25)17-14-16(22-23-17)15-8-11-20-12-9-15/h8-9,11-12,14H,2-7,10,13H2,1H3,(H,21,25)(H,22,23). The molecule has 26 heavy (non-hydrogen) atoms. The summed E-state index contributed by atoms with van der Waals surface area (Å²) in [6.07, 6.45) is 9.10. The zero-order chi connectivity index (χ0) is 18.6. The highest BCUT2D eigenvalue weighted by Gasteiger charge is 2.10. The van der Waals surface area contributed by atoms with Crippen LogP contribution < -0.4 is 5.32 Å². The van der Waals surface area contributed by atoms with Crippen LogP contribution in [0.5, 0.6) is 0 Å². The lowest BCUT2D eigenvalue weighted by Gasteiger charge is -2.04. The third-order valence-electron chi connectivity index (χ3n) is 3.87. The lowest BCUT2D eigenvalue weighted by atomic mass is 10.2. The monoisotopic (exact) mass is 374 g/mol. The predicted molar refractivity (Wildman–Crippen MR) is 105 cm³/mol. The SMILES string of the molecule is CCCC(=O)SCCCCCCNC(=O)c1cc(-c2ccncc2)n[nH]1. The molecule has 0 fully saturated rings. The Morgan fingerprint density at radius 1 is 1.15 bits per heavy atom. The van der Waals surface area contributed by atoms with Crippen molar-refractivity contribution in [3.8, 4) is 11.3 Å². The lowest BCUT2D eigenvalue weighted by molar-refractivity contribution is -0.111. The maximum atomic E-state index is 12.1. The predicted octanol–water partition coefficient (Wildman–Crippen LogP) is 3.82. The van der Waals surface area contributed by atoms with Crippen molar-refractivity contribution in [1.82, 2.24) is 20.5 Å². The summed E-state index contributed by atoms with van der Waals surface area (Å²) in [5.41, 5.74) is 2.11. The fourth-order valence-corrected chi connectivity index (χ4v) is 3.37. The topological polar surface area (TPSA) is 87.7 Å². The highest BCUT2D eigenvalue weighted by molar-refractivity contribution is 8.13. The molecule has 0 bridgehead atoms. The van der Waals surface area contributed by atoms with Crippen molar-refractivity contribution in [3.63, 3.8) is 0 Å². The molecule has 140 valence electrons. The molecule has 0 aromatic carbocycles. The second-order valence-electron chi connectivity index (χ2n) is 6.04. The molecule has 0 aliphatic rings. The molecular weight excluding hydrogens is 348 g/mol. The maximum absolute atomic E-state index is 12.1. The van der Waals surface area contributed by atoms with E-state index in [4.69, 9.17) is 0 Å². The Labute approximate surface area is 158 Å². The summed E-state index contributed by atoms with van der Waals surface area (Å²) in [4.78, 5) is 27.5. The maximum Gasteiger partial charge on any atom is 0.269 e. The zero-order valence-corrected chi connectivity index (χ0v) is 16.0. The van der Waals surface area contributed by atoms with Crippen LogP contribution in [0.3, 0.4) is 0 Å². The molecule has 7 heteroatoms. The van der Waals surface area contributed by atoms with Crippen LogP contribution in [0.15, 0.2) is 30.6 Å². The summed E-state index contributed by atoms with van der Waals surface area (Å²) in [5, 5.41) is 10.2. The van der Waals surface area contributed by atoms with Gasteiger partial charge in [-0.15, -0.1) is 0 Å². The van der Waals surface area contributed by atoms with E-state index in [2.05, 4.69) is 20.5 Å². The highest BCUT2D eigenvalue weighted by atomic mass is 32.2. The van der Waals surface area contributed by atoms with Crippen LogP contribution in [0.25, 0.3) is 11.3 Å². The summed E-state index contributed by atoms with van der Waals surface area (Å²) in [6, 6.07) is 5.45. The molecule has 2 heterocycles. The Bertz CT molecular complexity index is 688. The van der Waals surface area contributed by atoms with E-state index in [1.165, 1.54) is 11.8 Å². The number of carbonyl (C=O) groups is 2. The molecule has 1 amide bonds. The number of nitrogens with zero attached hydrogens (tertiary/aromatic N) is 2. The molecule has 0 atom stereocenters. The lowest BCUT2D eigenvalue weighted by Crippen LogP contribution is -2.24. The van der Waals surface area contributed by atoms with Gasteiger partial charge >= 0.3 is 0 Å². The van der Waals surface area contributed by atoms with Crippen LogP contribution in [0.2, 0.25) is 0 Å². The van der Waals surface area contributed by atoms with E-state index >= 15 is 0 Å². The molecule has 0 unspecified atom stereocenters. The van der Waals surface area contributed by atoms with E-state index in [9.17, 15) is 9.59 Å². The molecule has 0 aliphatic heterocycles. The van der Waals surface area contributed by atoms with Gasteiger partial charge in [-0.25, -0.2) is 0 Å². The second-order valence-corrected chi connectivity index (χ2v) is 7.20. The van der Waals surface area contributed by atoms with Crippen molar-refractivity contribution in [3.05, 3.63) is 36.3 Å². The van der Waals surface area contributed by atoms with Crippen molar-refractivity contribution in [1.29, 1.82) is 0 Å². The fourth-order valence-electron chi connectivity index (χ4n) is 2.45. The smallest absolute Gasteiger partial charge is 0.269 e. The van der Waals surface area contributed by atoms with Crippen LogP contribution >= 0.6 is 11.8 Å². The average Bonchev–Trinajstić information content (AvgIpc) is 3.15. The third kappa shape index (κ3) is 7.00. The minimum Gasteiger partial charge on any atom is -0.351 e. The first kappa shape index (κ1) is 20.2. The van der Waals surface area contributed by atoms with Gasteiger partial charge in [0, 0.05) is 36.7 Å². The first-order chi connectivity index (χ1) is 12.7. The Hall–Kier alpha value is -2.15. The van der Waals surface area contributed by atoms with E-state index < -0.39 is 0 Å². The van der Waals surface area contributed by atoms with Gasteiger partial charge in [0.2, 0.25) is 0 Å². The summed E-state index contributed by atoms with van der Waals surface area (Å²) < 4.78 is 0. The number of H-pyrrole nitrogens is 1. The molecular formula is C19H26N4O2S. The van der Waals surface area contributed by atoms with E-state index in [0.717, 1.165) is 49.1 Å². The van der Waals surface area contributed by atoms with Gasteiger partial charge in [0.15, 0.2) is 5.12 Å². The number of hydrogen-bond donors (Lipinski definition) is 2. The van der Waals surface area contributed by atoms with Gasteiger partial charge in [-0.1, -0.05) is 31.5 Å². The van der Waals surface area contributed by atoms with Gasteiger partial charge in [-0.3, -0.25) is 19.7 Å². The minimum atomic E-state index is -0.140. The van der Waals surface area contributed by atoms with E-state index in [1.807, 2.05) is 19.1 Å². The number of aromatic nitrogens is 3. The number of rotatable bonds is 11. The summed E-state index contributed by atoms with van der Waals surface area (Å²) in [6.45, 7) is 2.67. The van der Waals surface area contributed by atoms with E-state index in [1.54, 1.807) is 18.5 Å². The van der Waals surface area contributed by atoms with Crippen molar-refractivity contribution >= 4 is 22.8 Å². The first-order valence-electron chi connectivity index (χ1n) is 9.10. The van der Waals surface area contributed by atoms with Crippen molar-refractivity contribution < 1.29 is 9.59 Å². The third-order valence-corrected chi connectivity index (χ3v) is 4.89. The molecule has 0 aliphatic carbocycles. The Morgan fingerprint density at radius 3 is 2.69 bits per heavy atom. The molecule has 0 radical (unpaired) electrons. The molecule has 0 saturated heterocycles. The molecule has 2 aromatic rings. The summed E-state index contributed by atoms with van der Waals surface area (Å²) in [7, 11) is 0. The quantitative estimate of drug-likeness (QED) is 0.584. The number of aromatic amines is 1. The first-order valence-corrected chi connectivity index (χ1v) is 10.1. The highest BCUT2D eigenvalue weighted by Crippen LogP contribution is 2.16. The number of carbonyl (C=O) groups excluding carboxylic acids is 2. The average molecular weight is 375 g/mol. The van der Waals surface area contributed by atoms with E-state index in [-0.39, 0.29) is 5.91 Å². The van der Waals surface area contributed by atoms with Gasteiger partial charge in [-0.2, -0.15) is 5.10 Å². The van der Waals surface area contributed by atoms with Gasteiger partial charge in [0.25, 0.3) is 5.91 Å². The Kier molecular flexibility index (Phi) is 8.89. The largest absolute Gasteiger partial charge is 0.351 e. The summed E-state index contributed by atoms with van der Waals surface area (Å²) >= 11 is 1.44. The summed E-state index contributed by atoms with van der Waals surface area (Å²) in [5.74, 6) is 0.760. The Morgan fingerprint density at radius 2 is 1.92 bits per heavy atom. The van der Waals surface area contributed by atoms with Crippen molar-refractivity contribution in [2.24, 2.45) is 0 Å². The van der Waals surface area contributed by atoms with Crippen LogP contribution in [-0.4, -0.2) is 38.5 Å². The van der Waals surface area contributed by atoms with Crippen LogP contribution in [0, 0.1) is 0 Å². The van der Waals surface area contributed by atoms with E-state index in [0.29, 0.717) is 23.8 Å². The minimum absolute atomic E-state index is 0.140. The van der Waals surface area contributed by atoms with Crippen LogP contribution in [-0.2, 0) is 4.79 Å². The van der Waals surface area contributed by atoms with Crippen molar-refractivity contribution in [2.45, 2.75) is 45.4 Å². The number of thioether (sulfide) groups is 1.